The second-order valence-corrected chi connectivity index (χ2v) is 7.43. The largest absolute Gasteiger partial charge is 0.497 e. The van der Waals surface area contributed by atoms with E-state index < -0.39 is 18.5 Å². The molecule has 9 heteroatoms. The third-order valence-electron chi connectivity index (χ3n) is 4.85. The van der Waals surface area contributed by atoms with Gasteiger partial charge in [-0.15, -0.1) is 0 Å². The van der Waals surface area contributed by atoms with E-state index in [1.807, 2.05) is 24.3 Å². The van der Waals surface area contributed by atoms with Crippen molar-refractivity contribution in [3.05, 3.63) is 71.2 Å². The Hall–Kier alpha value is -4.04. The molecule has 0 aliphatic rings. The number of ether oxygens (including phenoxy) is 3. The van der Waals surface area contributed by atoms with Crippen LogP contribution in [0.15, 0.2) is 60.7 Å². The lowest BCUT2D eigenvalue weighted by Crippen LogP contribution is -2.20. The van der Waals surface area contributed by atoms with Crippen LogP contribution in [0.25, 0.3) is 22.4 Å². The zero-order valence-electron chi connectivity index (χ0n) is 17.8. The van der Waals surface area contributed by atoms with Crippen LogP contribution >= 0.6 is 11.6 Å². The van der Waals surface area contributed by atoms with Crippen molar-refractivity contribution in [1.82, 2.24) is 9.97 Å². The minimum Gasteiger partial charge on any atom is -0.497 e. The molecule has 0 fully saturated rings. The molecule has 0 unspecified atom stereocenters. The maximum atomic E-state index is 12.4. The van der Waals surface area contributed by atoms with Gasteiger partial charge in [0.2, 0.25) is 0 Å². The predicted molar refractivity (Wildman–Crippen MR) is 125 cm³/mol. The number of nitrogens with one attached hydrogen (secondary N) is 2. The number of carbonyl (C=O) groups excluding carboxylic acids is 2. The number of H-pyrrole nitrogens is 1. The zero-order valence-corrected chi connectivity index (χ0v) is 18.6. The van der Waals surface area contributed by atoms with Crippen molar-refractivity contribution >= 4 is 40.2 Å². The number of carbonyl (C=O) groups is 2. The molecule has 33 heavy (non-hydrogen) atoms. The van der Waals surface area contributed by atoms with Gasteiger partial charge in [0, 0.05) is 11.3 Å². The van der Waals surface area contributed by atoms with E-state index >= 15 is 0 Å². The number of benzene rings is 3. The summed E-state index contributed by atoms with van der Waals surface area (Å²) >= 11 is 6.05. The van der Waals surface area contributed by atoms with E-state index in [1.54, 1.807) is 43.5 Å². The second-order valence-electron chi connectivity index (χ2n) is 7.02. The molecule has 1 aromatic heterocycles. The molecule has 1 heterocycles. The average Bonchev–Trinajstić information content (AvgIpc) is 3.26. The van der Waals surface area contributed by atoms with Crippen LogP contribution in [0.5, 0.6) is 11.5 Å². The number of halogens is 1. The van der Waals surface area contributed by atoms with Crippen LogP contribution in [0.2, 0.25) is 5.02 Å². The van der Waals surface area contributed by atoms with Gasteiger partial charge in [0.1, 0.15) is 17.3 Å². The van der Waals surface area contributed by atoms with Gasteiger partial charge < -0.3 is 24.5 Å². The average molecular weight is 466 g/mol. The molecule has 168 valence electrons. The number of aromatic nitrogens is 2. The number of anilines is 1. The Bertz CT molecular complexity index is 1320. The van der Waals surface area contributed by atoms with E-state index in [9.17, 15) is 9.59 Å². The maximum absolute atomic E-state index is 12.4. The van der Waals surface area contributed by atoms with Crippen molar-refractivity contribution in [3.8, 4) is 22.9 Å². The van der Waals surface area contributed by atoms with Gasteiger partial charge in [-0.2, -0.15) is 0 Å². The number of hydrogen-bond acceptors (Lipinski definition) is 6. The number of methoxy groups -OCH3 is 2. The molecule has 0 saturated heterocycles. The van der Waals surface area contributed by atoms with Crippen molar-refractivity contribution in [1.29, 1.82) is 0 Å². The van der Waals surface area contributed by atoms with Crippen molar-refractivity contribution < 1.29 is 23.8 Å². The van der Waals surface area contributed by atoms with Crippen LogP contribution in [0.3, 0.4) is 0 Å². The molecule has 0 aliphatic heterocycles. The molecule has 4 rings (SSSR count). The number of esters is 1. The van der Waals surface area contributed by atoms with Gasteiger partial charge in [-0.05, 0) is 60.7 Å². The summed E-state index contributed by atoms with van der Waals surface area (Å²) in [6, 6.07) is 17.2. The monoisotopic (exact) mass is 465 g/mol. The van der Waals surface area contributed by atoms with Gasteiger partial charge in [-0.3, -0.25) is 4.79 Å². The third kappa shape index (κ3) is 5.07. The van der Waals surface area contributed by atoms with Crippen LogP contribution in [0, 0.1) is 0 Å². The first kappa shape index (κ1) is 22.2. The van der Waals surface area contributed by atoms with Gasteiger partial charge >= 0.3 is 5.97 Å². The molecule has 3 aromatic carbocycles. The summed E-state index contributed by atoms with van der Waals surface area (Å²) in [7, 11) is 3.11. The SMILES string of the molecule is COc1ccc(-c2nc3ccc(C(=O)OCC(=O)Nc4ccc(OC)c(Cl)c4)cc3[nH]2)cc1. The minimum atomic E-state index is -0.625. The molecule has 0 spiro atoms. The summed E-state index contributed by atoms with van der Waals surface area (Å²) in [5.74, 6) is 0.787. The molecular weight excluding hydrogens is 446 g/mol. The lowest BCUT2D eigenvalue weighted by molar-refractivity contribution is -0.119. The first-order valence-corrected chi connectivity index (χ1v) is 10.3. The Labute approximate surface area is 194 Å². The molecule has 0 radical (unpaired) electrons. The smallest absolute Gasteiger partial charge is 0.338 e. The number of amides is 1. The Kier molecular flexibility index (Phi) is 6.46. The highest BCUT2D eigenvalue weighted by molar-refractivity contribution is 6.32. The Balaban J connectivity index is 1.40. The maximum Gasteiger partial charge on any atom is 0.338 e. The van der Waals surface area contributed by atoms with E-state index in [0.717, 1.165) is 11.3 Å². The summed E-state index contributed by atoms with van der Waals surface area (Å²) in [6.07, 6.45) is 0. The van der Waals surface area contributed by atoms with Gasteiger partial charge in [-0.1, -0.05) is 11.6 Å². The Morgan fingerprint density at radius 1 is 1.00 bits per heavy atom. The van der Waals surface area contributed by atoms with E-state index in [4.69, 9.17) is 25.8 Å². The molecule has 0 bridgehead atoms. The normalized spacial score (nSPS) is 10.6. The number of aromatic amines is 1. The molecule has 0 aliphatic carbocycles. The molecular formula is C24H20ClN3O5. The van der Waals surface area contributed by atoms with Gasteiger partial charge in [0.05, 0.1) is 35.8 Å². The van der Waals surface area contributed by atoms with Crippen molar-refractivity contribution in [2.45, 2.75) is 0 Å². The molecule has 0 atom stereocenters. The molecule has 2 N–H and O–H groups in total. The van der Waals surface area contributed by atoms with E-state index in [0.29, 0.717) is 38.9 Å². The third-order valence-corrected chi connectivity index (χ3v) is 5.15. The Morgan fingerprint density at radius 3 is 2.48 bits per heavy atom. The zero-order chi connectivity index (χ0) is 23.4. The van der Waals surface area contributed by atoms with Gasteiger partial charge in [0.15, 0.2) is 6.61 Å². The summed E-state index contributed by atoms with van der Waals surface area (Å²) in [4.78, 5) is 32.3. The number of nitrogens with zero attached hydrogens (tertiary/aromatic N) is 1. The summed E-state index contributed by atoms with van der Waals surface area (Å²) in [5, 5.41) is 2.97. The van der Waals surface area contributed by atoms with Crippen molar-refractivity contribution in [3.63, 3.8) is 0 Å². The van der Waals surface area contributed by atoms with E-state index in [1.165, 1.54) is 7.11 Å². The van der Waals surface area contributed by atoms with Crippen LogP contribution in [0.1, 0.15) is 10.4 Å². The van der Waals surface area contributed by atoms with Crippen LogP contribution in [-0.4, -0.2) is 42.7 Å². The minimum absolute atomic E-state index is 0.299. The van der Waals surface area contributed by atoms with Crippen molar-refractivity contribution in [2.24, 2.45) is 0 Å². The fraction of sp³-hybridized carbons (Fsp3) is 0.125. The highest BCUT2D eigenvalue weighted by atomic mass is 35.5. The molecule has 8 nitrogen and oxygen atoms in total. The summed E-state index contributed by atoms with van der Waals surface area (Å²) in [6.45, 7) is -0.444. The van der Waals surface area contributed by atoms with Gasteiger partial charge in [0.25, 0.3) is 5.91 Å². The lowest BCUT2D eigenvalue weighted by atomic mass is 10.2. The number of rotatable bonds is 7. The molecule has 4 aromatic rings. The standard InChI is InChI=1S/C24H20ClN3O5/c1-31-17-7-3-14(4-8-17)23-27-19-9-5-15(11-20(19)28-23)24(30)33-13-22(29)26-16-6-10-21(32-2)18(25)12-16/h3-12H,13H2,1-2H3,(H,26,29)(H,27,28). The first-order valence-electron chi connectivity index (χ1n) is 9.91. The van der Waals surface area contributed by atoms with E-state index in [-0.39, 0.29) is 0 Å². The fourth-order valence-electron chi connectivity index (χ4n) is 3.18. The quantitative estimate of drug-likeness (QED) is 0.384. The Morgan fingerprint density at radius 2 is 1.79 bits per heavy atom. The van der Waals surface area contributed by atoms with Gasteiger partial charge in [-0.25, -0.2) is 9.78 Å². The van der Waals surface area contributed by atoms with E-state index in [2.05, 4.69) is 15.3 Å². The van der Waals surface area contributed by atoms with Crippen LogP contribution < -0.4 is 14.8 Å². The molecule has 1 amide bonds. The van der Waals surface area contributed by atoms with Crippen LogP contribution in [0.4, 0.5) is 5.69 Å². The second kappa shape index (κ2) is 9.62. The number of imidazole rings is 1. The number of fused-ring (bicyclic) bond motifs is 1. The summed E-state index contributed by atoms with van der Waals surface area (Å²) in [5.41, 5.74) is 3.02. The van der Waals surface area contributed by atoms with Crippen molar-refractivity contribution in [2.75, 3.05) is 26.1 Å². The predicted octanol–water partition coefficient (Wildman–Crippen LogP) is 4.70. The fourth-order valence-corrected chi connectivity index (χ4v) is 3.44. The highest BCUT2D eigenvalue weighted by Gasteiger charge is 2.14. The topological polar surface area (TPSA) is 103 Å². The summed E-state index contributed by atoms with van der Waals surface area (Å²) < 4.78 is 15.4. The highest BCUT2D eigenvalue weighted by Crippen LogP contribution is 2.27. The van der Waals surface area contributed by atoms with Crippen LogP contribution in [-0.2, 0) is 9.53 Å². The number of hydrogen-bond donors (Lipinski definition) is 2. The first-order chi connectivity index (χ1) is 16.0. The lowest BCUT2D eigenvalue weighted by Gasteiger charge is -2.08. The molecule has 0 saturated carbocycles.